The number of halogens is 1. The topological polar surface area (TPSA) is 40.5 Å². The van der Waals surface area contributed by atoms with Crippen LogP contribution in [0.4, 0.5) is 5.69 Å². The van der Waals surface area contributed by atoms with Gasteiger partial charge in [-0.3, -0.25) is 4.79 Å². The minimum Gasteiger partial charge on any atom is -0.380 e. The van der Waals surface area contributed by atoms with Gasteiger partial charge < -0.3 is 10.0 Å². The second-order valence-electron chi connectivity index (χ2n) is 4.76. The molecule has 4 heteroatoms. The Kier molecular flexibility index (Phi) is 4.57. The molecule has 20 heavy (non-hydrogen) atoms. The van der Waals surface area contributed by atoms with Crippen molar-refractivity contribution in [1.82, 2.24) is 0 Å². The highest BCUT2D eigenvalue weighted by molar-refractivity contribution is 9.10. The SMILES string of the molecule is CN(C)c1ccc(C(O)C(=O)c2cccc(Br)c2)cc1. The fourth-order valence-corrected chi connectivity index (χ4v) is 2.30. The first-order chi connectivity index (χ1) is 9.49. The molecule has 0 aliphatic rings. The van der Waals surface area contributed by atoms with Gasteiger partial charge in [0.25, 0.3) is 0 Å². The second kappa shape index (κ2) is 6.20. The first-order valence-corrected chi connectivity index (χ1v) is 7.03. The number of nitrogens with zero attached hydrogens (tertiary/aromatic N) is 1. The van der Waals surface area contributed by atoms with Crippen LogP contribution < -0.4 is 4.90 Å². The third-order valence-corrected chi connectivity index (χ3v) is 3.58. The maximum Gasteiger partial charge on any atom is 0.195 e. The summed E-state index contributed by atoms with van der Waals surface area (Å²) in [6.45, 7) is 0. The molecule has 0 spiro atoms. The van der Waals surface area contributed by atoms with Gasteiger partial charge in [-0.15, -0.1) is 0 Å². The molecule has 0 aromatic heterocycles. The van der Waals surface area contributed by atoms with Crippen LogP contribution in [0.2, 0.25) is 0 Å². The van der Waals surface area contributed by atoms with Gasteiger partial charge in [0.1, 0.15) is 6.10 Å². The summed E-state index contributed by atoms with van der Waals surface area (Å²) in [5, 5.41) is 10.2. The van der Waals surface area contributed by atoms with Gasteiger partial charge in [0, 0.05) is 29.8 Å². The van der Waals surface area contributed by atoms with Crippen molar-refractivity contribution in [2.24, 2.45) is 0 Å². The predicted molar refractivity (Wildman–Crippen MR) is 84.2 cm³/mol. The normalized spacial score (nSPS) is 12.0. The molecule has 0 saturated carbocycles. The molecule has 2 rings (SSSR count). The summed E-state index contributed by atoms with van der Waals surface area (Å²) in [6, 6.07) is 14.3. The highest BCUT2D eigenvalue weighted by atomic mass is 79.9. The maximum atomic E-state index is 12.2. The van der Waals surface area contributed by atoms with Crippen LogP contribution in [0.3, 0.4) is 0 Å². The number of Topliss-reactive ketones (excluding diaryl/α,β-unsaturated/α-hetero) is 1. The van der Waals surface area contributed by atoms with E-state index in [9.17, 15) is 9.90 Å². The molecule has 0 heterocycles. The molecule has 1 N–H and O–H groups in total. The van der Waals surface area contributed by atoms with Crippen molar-refractivity contribution in [2.45, 2.75) is 6.10 Å². The zero-order chi connectivity index (χ0) is 14.7. The number of aliphatic hydroxyl groups excluding tert-OH is 1. The Morgan fingerprint density at radius 3 is 2.35 bits per heavy atom. The molecular weight excluding hydrogens is 318 g/mol. The first kappa shape index (κ1) is 14.8. The van der Waals surface area contributed by atoms with E-state index >= 15 is 0 Å². The predicted octanol–water partition coefficient (Wildman–Crippen LogP) is 3.43. The molecule has 0 aliphatic heterocycles. The van der Waals surface area contributed by atoms with Crippen LogP contribution in [0, 0.1) is 0 Å². The van der Waals surface area contributed by atoms with Gasteiger partial charge in [-0.05, 0) is 29.8 Å². The van der Waals surface area contributed by atoms with Crippen molar-refractivity contribution in [3.05, 3.63) is 64.1 Å². The summed E-state index contributed by atoms with van der Waals surface area (Å²) in [6.07, 6.45) is -1.14. The van der Waals surface area contributed by atoms with Crippen LogP contribution in [0.1, 0.15) is 22.0 Å². The monoisotopic (exact) mass is 333 g/mol. The molecule has 0 saturated heterocycles. The second-order valence-corrected chi connectivity index (χ2v) is 5.68. The zero-order valence-corrected chi connectivity index (χ0v) is 13.0. The molecule has 0 amide bonds. The maximum absolute atomic E-state index is 12.2. The highest BCUT2D eigenvalue weighted by Gasteiger charge is 2.19. The Bertz CT molecular complexity index is 608. The number of rotatable bonds is 4. The molecule has 2 aromatic carbocycles. The Morgan fingerprint density at radius 1 is 1.15 bits per heavy atom. The van der Waals surface area contributed by atoms with E-state index in [0.717, 1.165) is 10.2 Å². The lowest BCUT2D eigenvalue weighted by Crippen LogP contribution is -2.13. The van der Waals surface area contributed by atoms with Crippen molar-refractivity contribution in [1.29, 1.82) is 0 Å². The number of carbonyl (C=O) groups excluding carboxylic acids is 1. The van der Waals surface area contributed by atoms with Crippen molar-refractivity contribution in [2.75, 3.05) is 19.0 Å². The molecule has 0 bridgehead atoms. The lowest BCUT2D eigenvalue weighted by atomic mass is 10.00. The Balaban J connectivity index is 2.22. The lowest BCUT2D eigenvalue weighted by Gasteiger charge is -2.15. The third-order valence-electron chi connectivity index (χ3n) is 3.08. The number of hydrogen-bond donors (Lipinski definition) is 1. The number of ketones is 1. The number of anilines is 1. The van der Waals surface area contributed by atoms with Crippen molar-refractivity contribution in [3.63, 3.8) is 0 Å². The highest BCUT2D eigenvalue weighted by Crippen LogP contribution is 2.22. The molecular formula is C16H16BrNO2. The van der Waals surface area contributed by atoms with Crippen LogP contribution in [0.25, 0.3) is 0 Å². The molecule has 0 fully saturated rings. The number of carbonyl (C=O) groups is 1. The van der Waals surface area contributed by atoms with Gasteiger partial charge in [-0.1, -0.05) is 40.2 Å². The molecule has 0 aliphatic carbocycles. The van der Waals surface area contributed by atoms with Gasteiger partial charge in [0.15, 0.2) is 5.78 Å². The van der Waals surface area contributed by atoms with E-state index in [1.54, 1.807) is 30.3 Å². The summed E-state index contributed by atoms with van der Waals surface area (Å²) in [5.74, 6) is -0.302. The summed E-state index contributed by atoms with van der Waals surface area (Å²) in [4.78, 5) is 14.2. The fraction of sp³-hybridized carbons (Fsp3) is 0.188. The van der Waals surface area contributed by atoms with Crippen LogP contribution in [-0.2, 0) is 0 Å². The quantitative estimate of drug-likeness (QED) is 0.871. The summed E-state index contributed by atoms with van der Waals surface area (Å²) >= 11 is 3.32. The molecule has 2 aromatic rings. The summed E-state index contributed by atoms with van der Waals surface area (Å²) in [7, 11) is 3.89. The van der Waals surface area contributed by atoms with Gasteiger partial charge in [0.2, 0.25) is 0 Å². The van der Waals surface area contributed by atoms with E-state index in [1.807, 2.05) is 37.2 Å². The Labute approximate surface area is 127 Å². The van der Waals surface area contributed by atoms with E-state index in [2.05, 4.69) is 15.9 Å². The van der Waals surface area contributed by atoms with Crippen molar-refractivity contribution >= 4 is 27.4 Å². The van der Waals surface area contributed by atoms with Crippen LogP contribution in [-0.4, -0.2) is 25.0 Å². The lowest BCUT2D eigenvalue weighted by molar-refractivity contribution is 0.0747. The van der Waals surface area contributed by atoms with E-state index in [0.29, 0.717) is 11.1 Å². The minimum absolute atomic E-state index is 0.302. The number of hydrogen-bond acceptors (Lipinski definition) is 3. The van der Waals surface area contributed by atoms with E-state index in [1.165, 1.54) is 0 Å². The van der Waals surface area contributed by atoms with Gasteiger partial charge in [-0.25, -0.2) is 0 Å². The van der Waals surface area contributed by atoms with E-state index in [-0.39, 0.29) is 5.78 Å². The van der Waals surface area contributed by atoms with Crippen LogP contribution in [0.5, 0.6) is 0 Å². The molecule has 0 radical (unpaired) electrons. The standard InChI is InChI=1S/C16H16BrNO2/c1-18(2)14-8-6-11(7-9-14)15(19)16(20)12-4-3-5-13(17)10-12/h3-10,15,19H,1-2H3. The molecule has 1 unspecified atom stereocenters. The van der Waals surface area contributed by atoms with Gasteiger partial charge in [-0.2, -0.15) is 0 Å². The van der Waals surface area contributed by atoms with E-state index in [4.69, 9.17) is 0 Å². The van der Waals surface area contributed by atoms with Gasteiger partial charge >= 0.3 is 0 Å². The average molecular weight is 334 g/mol. The van der Waals surface area contributed by atoms with Crippen molar-refractivity contribution < 1.29 is 9.90 Å². The van der Waals surface area contributed by atoms with Crippen LogP contribution in [0.15, 0.2) is 53.0 Å². The Morgan fingerprint density at radius 2 is 1.80 bits per heavy atom. The summed E-state index contributed by atoms with van der Waals surface area (Å²) < 4.78 is 0.818. The third kappa shape index (κ3) is 3.26. The number of benzene rings is 2. The molecule has 3 nitrogen and oxygen atoms in total. The Hall–Kier alpha value is -1.65. The average Bonchev–Trinajstić information content (AvgIpc) is 2.46. The number of aliphatic hydroxyl groups is 1. The largest absolute Gasteiger partial charge is 0.380 e. The fourth-order valence-electron chi connectivity index (χ4n) is 1.91. The molecule has 104 valence electrons. The van der Waals surface area contributed by atoms with Crippen LogP contribution >= 0.6 is 15.9 Å². The van der Waals surface area contributed by atoms with Gasteiger partial charge in [0.05, 0.1) is 0 Å². The summed E-state index contributed by atoms with van der Waals surface area (Å²) in [5.41, 5.74) is 2.11. The van der Waals surface area contributed by atoms with E-state index < -0.39 is 6.10 Å². The minimum atomic E-state index is -1.14. The molecule has 1 atom stereocenters. The first-order valence-electron chi connectivity index (χ1n) is 6.24. The smallest absolute Gasteiger partial charge is 0.195 e. The van der Waals surface area contributed by atoms with Crippen molar-refractivity contribution in [3.8, 4) is 0 Å². The zero-order valence-electron chi connectivity index (χ0n) is 11.4.